The number of benzene rings is 4. The maximum absolute atomic E-state index is 13.8. The Kier molecular flexibility index (Phi) is 23.5. The highest BCUT2D eigenvalue weighted by Gasteiger charge is 2.39. The fourth-order valence-electron chi connectivity index (χ4n) is 7.41. The zero-order chi connectivity index (χ0) is 44.2. The van der Waals surface area contributed by atoms with Crippen LogP contribution in [0.4, 0.5) is 22.7 Å². The molecule has 0 spiro atoms. The quantitative estimate of drug-likeness (QED) is 0.0236. The number of carbonyl (C=O) groups excluding carboxylic acids is 4. The molecule has 0 fully saturated rings. The van der Waals surface area contributed by atoms with Crippen LogP contribution >= 0.6 is 49.6 Å². The second-order valence-corrected chi connectivity index (χ2v) is 14.4. The van der Waals surface area contributed by atoms with Crippen LogP contribution in [0.15, 0.2) is 60.7 Å². The van der Waals surface area contributed by atoms with Crippen LogP contribution in [0.1, 0.15) is 63.7 Å². The number of hydrogen-bond donors (Lipinski definition) is 14. The summed E-state index contributed by atoms with van der Waals surface area (Å²) in [7, 11) is 0. The molecule has 0 bridgehead atoms. The molecule has 0 heterocycles. The van der Waals surface area contributed by atoms with Gasteiger partial charge in [-0.2, -0.15) is 0 Å². The lowest BCUT2D eigenvalue weighted by Crippen LogP contribution is -2.28. The predicted molar refractivity (Wildman–Crippen MR) is 264 cm³/mol. The Morgan fingerprint density at radius 1 is 0.333 bits per heavy atom. The molecule has 6 rings (SSSR count). The van der Waals surface area contributed by atoms with Crippen LogP contribution in [0.5, 0.6) is 23.0 Å². The number of aromatic hydroxyl groups is 4. The fraction of sp³-hybridized carbons (Fsp3) is 0.318. The van der Waals surface area contributed by atoms with Crippen molar-refractivity contribution in [3.63, 3.8) is 0 Å². The van der Waals surface area contributed by atoms with E-state index in [4.69, 9.17) is 10.2 Å². The van der Waals surface area contributed by atoms with Crippen LogP contribution in [0.2, 0.25) is 0 Å². The smallest absolute Gasteiger partial charge is 0.200 e. The predicted octanol–water partition coefficient (Wildman–Crippen LogP) is 2.99. The van der Waals surface area contributed by atoms with Crippen LogP contribution < -0.4 is 42.5 Å². The maximum atomic E-state index is 13.8. The summed E-state index contributed by atoms with van der Waals surface area (Å²) in [6.45, 7) is 5.38. The van der Waals surface area contributed by atoms with E-state index in [0.717, 1.165) is 0 Å². The number of rotatable bonds is 24. The van der Waals surface area contributed by atoms with Gasteiger partial charge in [0.2, 0.25) is 23.1 Å². The molecule has 2 aliphatic carbocycles. The van der Waals surface area contributed by atoms with Gasteiger partial charge >= 0.3 is 0 Å². The van der Waals surface area contributed by atoms with Crippen LogP contribution in [-0.4, -0.2) is 146 Å². The van der Waals surface area contributed by atoms with Crippen LogP contribution in [-0.2, 0) is 0 Å². The topological polar surface area (TPSA) is 286 Å². The van der Waals surface area contributed by atoms with Crippen molar-refractivity contribution in [3.8, 4) is 23.0 Å². The summed E-state index contributed by atoms with van der Waals surface area (Å²) in [6.07, 6.45) is 3.88. The third-order valence-electron chi connectivity index (χ3n) is 10.3. The summed E-state index contributed by atoms with van der Waals surface area (Å²) in [5.74, 6) is -3.97. The number of aliphatic hydroxyl groups is 2. The molecule has 4 aromatic rings. The van der Waals surface area contributed by atoms with E-state index >= 15 is 0 Å². The average Bonchev–Trinajstić information content (AvgIpc) is 3.26. The van der Waals surface area contributed by atoms with Crippen molar-refractivity contribution in [1.82, 2.24) is 21.3 Å². The summed E-state index contributed by atoms with van der Waals surface area (Å²) >= 11 is 0. The Morgan fingerprint density at radius 3 is 0.818 bits per heavy atom. The molecule has 0 atom stereocenters. The van der Waals surface area contributed by atoms with Crippen molar-refractivity contribution in [2.45, 2.75) is 0 Å². The van der Waals surface area contributed by atoms with Gasteiger partial charge in [0.15, 0.2) is 0 Å². The van der Waals surface area contributed by atoms with Crippen LogP contribution in [0, 0.1) is 0 Å². The normalized spacial score (nSPS) is 12.1. The number of phenolic OH excluding ortho intramolecular Hbond substituents is 4. The Hall–Kier alpha value is -5.38. The zero-order valence-corrected chi connectivity index (χ0v) is 38.9. The average molecular weight is 999 g/mol. The van der Waals surface area contributed by atoms with Crippen LogP contribution in [0.3, 0.4) is 0 Å². The molecule has 14 N–H and O–H groups in total. The molecule has 0 aliphatic heterocycles. The van der Waals surface area contributed by atoms with E-state index in [1.807, 2.05) is 12.2 Å². The van der Waals surface area contributed by atoms with E-state index in [1.54, 1.807) is 24.3 Å². The van der Waals surface area contributed by atoms with E-state index in [2.05, 4.69) is 42.5 Å². The molecule has 0 saturated heterocycles. The van der Waals surface area contributed by atoms with E-state index < -0.39 is 46.1 Å². The molecule has 0 amide bonds. The standard InChI is InChI=1S/C44H52N8O10.4ClH/c53-23-21-47-15-19-51-27-5-3-25(33-35(27)43(61)39-31(57)9-7-29(55)37(39)41(33)59)49-17-13-45-11-1-2-12-46-14-18-50-26-4-6-28(52-20-16-48-22-24-54)36-34(26)42(60)38-30(56)8-10-32(58)40(38)44(36)62;;;;/h1-10,45-58H,11-24H2;4*1H. The molecule has 4 aromatic carbocycles. The Balaban J connectivity index is 0.00000374. The maximum Gasteiger partial charge on any atom is 0.200 e. The van der Waals surface area contributed by atoms with Gasteiger partial charge in [-0.25, -0.2) is 0 Å². The summed E-state index contributed by atoms with van der Waals surface area (Å²) in [6, 6.07) is 11.5. The molecular weight excluding hydrogens is 942 g/mol. The number of phenols is 4. The summed E-state index contributed by atoms with van der Waals surface area (Å²) in [5, 5.41) is 85.5. The van der Waals surface area contributed by atoms with Crippen molar-refractivity contribution in [2.24, 2.45) is 0 Å². The minimum Gasteiger partial charge on any atom is -0.507 e. The van der Waals surface area contributed by atoms with Gasteiger partial charge in [0.1, 0.15) is 23.0 Å². The molecule has 0 unspecified atom stereocenters. The first-order valence-electron chi connectivity index (χ1n) is 20.4. The van der Waals surface area contributed by atoms with Gasteiger partial charge in [-0.15, -0.1) is 49.6 Å². The monoisotopic (exact) mass is 996 g/mol. The molecule has 2 aliphatic rings. The number of anilines is 4. The highest BCUT2D eigenvalue weighted by molar-refractivity contribution is 6.34. The van der Waals surface area contributed by atoms with Gasteiger partial charge in [-0.05, 0) is 48.5 Å². The summed E-state index contributed by atoms with van der Waals surface area (Å²) in [4.78, 5) is 55.0. The van der Waals surface area contributed by atoms with E-state index in [9.17, 15) is 39.6 Å². The number of fused-ring (bicyclic) bond motifs is 4. The highest BCUT2D eigenvalue weighted by Crippen LogP contribution is 2.44. The first-order valence-corrected chi connectivity index (χ1v) is 20.4. The molecule has 0 aromatic heterocycles. The zero-order valence-electron chi connectivity index (χ0n) is 35.6. The molecule has 18 nitrogen and oxygen atoms in total. The third kappa shape index (κ3) is 12.7. The third-order valence-corrected chi connectivity index (χ3v) is 10.3. The summed E-state index contributed by atoms with van der Waals surface area (Å²) < 4.78 is 0. The number of aliphatic hydroxyl groups excluding tert-OH is 2. The highest BCUT2D eigenvalue weighted by atomic mass is 35.5. The van der Waals surface area contributed by atoms with E-state index in [1.165, 1.54) is 24.3 Å². The van der Waals surface area contributed by atoms with Gasteiger partial charge in [0.25, 0.3) is 0 Å². The first kappa shape index (κ1) is 56.7. The van der Waals surface area contributed by atoms with Gasteiger partial charge < -0.3 is 73.2 Å². The Morgan fingerprint density at radius 2 is 0.576 bits per heavy atom. The van der Waals surface area contributed by atoms with E-state index in [-0.39, 0.29) is 107 Å². The molecular formula is C44H56Cl4N8O10. The van der Waals surface area contributed by atoms with Crippen LogP contribution in [0.25, 0.3) is 0 Å². The molecule has 0 saturated carbocycles. The number of hydrogen-bond acceptors (Lipinski definition) is 18. The van der Waals surface area contributed by atoms with Gasteiger partial charge in [-0.3, -0.25) is 19.2 Å². The minimum absolute atomic E-state index is 0. The number of carbonyl (C=O) groups is 4. The number of halogens is 4. The Bertz CT molecular complexity index is 2210. The SMILES string of the molecule is Cl.Cl.Cl.Cl.O=C1c2c(O)ccc(O)c2C(=O)c2c(NCCNCCO)ccc(NCCNCC=CCNCCNc3ccc(NCCNCCO)c4c3C(=O)c3c(O)ccc(O)c3C4=O)c21. The minimum atomic E-state index is -0.591. The Labute approximate surface area is 406 Å². The molecule has 22 heteroatoms. The lowest BCUT2D eigenvalue weighted by Gasteiger charge is -2.25. The lowest BCUT2D eigenvalue weighted by atomic mass is 9.81. The molecule has 0 radical (unpaired) electrons. The van der Waals surface area contributed by atoms with Crippen molar-refractivity contribution in [3.05, 3.63) is 105 Å². The van der Waals surface area contributed by atoms with Crippen molar-refractivity contribution < 1.29 is 49.8 Å². The fourth-order valence-corrected chi connectivity index (χ4v) is 7.41. The number of ketones is 4. The first-order chi connectivity index (χ1) is 30.1. The summed E-state index contributed by atoms with van der Waals surface area (Å²) in [5.41, 5.74) is 0.985. The van der Waals surface area contributed by atoms with E-state index in [0.29, 0.717) is 101 Å². The van der Waals surface area contributed by atoms with Crippen molar-refractivity contribution >= 4 is 95.5 Å². The van der Waals surface area contributed by atoms with Crippen molar-refractivity contribution in [1.29, 1.82) is 0 Å². The second-order valence-electron chi connectivity index (χ2n) is 14.4. The largest absolute Gasteiger partial charge is 0.507 e. The lowest BCUT2D eigenvalue weighted by molar-refractivity contribution is 0.0975. The van der Waals surface area contributed by atoms with Gasteiger partial charge in [0.05, 0.1) is 57.7 Å². The molecule has 360 valence electrons. The van der Waals surface area contributed by atoms with Gasteiger partial charge in [0, 0.05) is 101 Å². The second kappa shape index (κ2) is 27.3. The number of nitrogens with one attached hydrogen (secondary N) is 8. The van der Waals surface area contributed by atoms with Gasteiger partial charge in [-0.1, -0.05) is 12.2 Å². The van der Waals surface area contributed by atoms with Crippen molar-refractivity contribution in [2.75, 3.05) is 113 Å². The molecule has 66 heavy (non-hydrogen) atoms.